The van der Waals surface area contributed by atoms with Gasteiger partial charge >= 0.3 is 11.9 Å². The van der Waals surface area contributed by atoms with Crippen LogP contribution in [0, 0.1) is 0 Å². The topological polar surface area (TPSA) is 69.7 Å². The lowest BCUT2D eigenvalue weighted by molar-refractivity contribution is -0.145. The Labute approximate surface area is 107 Å². The van der Waals surface area contributed by atoms with Gasteiger partial charge in [-0.3, -0.25) is 4.21 Å². The van der Waals surface area contributed by atoms with Crippen molar-refractivity contribution in [3.8, 4) is 0 Å². The summed E-state index contributed by atoms with van der Waals surface area (Å²) in [4.78, 5) is 23.5. The second kappa shape index (κ2) is 5.30. The van der Waals surface area contributed by atoms with Crippen molar-refractivity contribution in [3.05, 3.63) is 29.8 Å². The van der Waals surface area contributed by atoms with Crippen molar-refractivity contribution in [2.45, 2.75) is 17.4 Å². The third kappa shape index (κ3) is 2.76. The van der Waals surface area contributed by atoms with Gasteiger partial charge in [-0.25, -0.2) is 9.59 Å². The van der Waals surface area contributed by atoms with E-state index in [1.165, 1.54) is 12.1 Å². The Kier molecular flexibility index (Phi) is 3.76. The van der Waals surface area contributed by atoms with Crippen LogP contribution < -0.4 is 0 Å². The summed E-state index contributed by atoms with van der Waals surface area (Å²) < 4.78 is 20.9. The van der Waals surface area contributed by atoms with Crippen LogP contribution in [0.4, 0.5) is 0 Å². The fraction of sp³-hybridized carbons (Fsp3) is 0.333. The van der Waals surface area contributed by atoms with Gasteiger partial charge in [-0.15, -0.1) is 0 Å². The average Bonchev–Trinajstić information content (AvgIpc) is 2.75. The van der Waals surface area contributed by atoms with E-state index in [2.05, 4.69) is 0 Å². The first kappa shape index (κ1) is 12.8. The van der Waals surface area contributed by atoms with Crippen molar-refractivity contribution >= 4 is 22.7 Å². The molecular formula is C12H12O5S. The third-order valence-corrected chi connectivity index (χ3v) is 3.49. The van der Waals surface area contributed by atoms with Crippen LogP contribution in [0.25, 0.3) is 0 Å². The second-order valence-electron chi connectivity index (χ2n) is 3.83. The summed E-state index contributed by atoms with van der Waals surface area (Å²) in [5.41, 5.74) is 0.323. The van der Waals surface area contributed by atoms with Crippen LogP contribution in [-0.2, 0) is 25.1 Å². The molecule has 0 bridgehead atoms. The van der Waals surface area contributed by atoms with Crippen LogP contribution in [0.2, 0.25) is 0 Å². The summed E-state index contributed by atoms with van der Waals surface area (Å²) >= 11 is 0. The van der Waals surface area contributed by atoms with Crippen molar-refractivity contribution in [2.75, 3.05) is 12.9 Å². The molecule has 0 aliphatic carbocycles. The summed E-state index contributed by atoms with van der Waals surface area (Å²) in [7, 11) is -1.09. The van der Waals surface area contributed by atoms with Gasteiger partial charge in [0.15, 0.2) is 0 Å². The van der Waals surface area contributed by atoms with Crippen molar-refractivity contribution in [2.24, 2.45) is 0 Å². The lowest BCUT2D eigenvalue weighted by Crippen LogP contribution is -2.22. The average molecular weight is 268 g/mol. The normalized spacial score (nSPS) is 20.3. The van der Waals surface area contributed by atoms with Crippen molar-refractivity contribution in [1.82, 2.24) is 0 Å². The standard InChI is InChI=1S/C12H12O5S/c1-18(15)9-4-2-8(3-5-9)11(13)17-10-6-7-16-12(10)14/h2-5,10H,6-7H2,1H3. The minimum Gasteiger partial charge on any atom is -0.463 e. The minimum atomic E-state index is -1.09. The monoisotopic (exact) mass is 268 g/mol. The molecule has 0 N–H and O–H groups in total. The van der Waals surface area contributed by atoms with E-state index >= 15 is 0 Å². The van der Waals surface area contributed by atoms with E-state index in [0.717, 1.165) is 0 Å². The molecule has 1 heterocycles. The largest absolute Gasteiger partial charge is 0.463 e. The first-order valence-electron chi connectivity index (χ1n) is 5.39. The first-order chi connectivity index (χ1) is 8.58. The highest BCUT2D eigenvalue weighted by atomic mass is 32.2. The van der Waals surface area contributed by atoms with E-state index < -0.39 is 28.8 Å². The maximum atomic E-state index is 11.7. The van der Waals surface area contributed by atoms with Gasteiger partial charge in [-0.1, -0.05) is 0 Å². The predicted molar refractivity (Wildman–Crippen MR) is 63.6 cm³/mol. The summed E-state index contributed by atoms with van der Waals surface area (Å²) in [6.07, 6.45) is 1.14. The Hall–Kier alpha value is -1.69. The zero-order valence-electron chi connectivity index (χ0n) is 9.75. The molecule has 0 spiro atoms. The zero-order valence-corrected chi connectivity index (χ0v) is 10.6. The molecule has 1 aromatic rings. The van der Waals surface area contributed by atoms with Crippen LogP contribution in [0.3, 0.4) is 0 Å². The van der Waals surface area contributed by atoms with Gasteiger partial charge in [-0.2, -0.15) is 0 Å². The Morgan fingerprint density at radius 3 is 2.56 bits per heavy atom. The first-order valence-corrected chi connectivity index (χ1v) is 6.95. The molecular weight excluding hydrogens is 256 g/mol. The Balaban J connectivity index is 2.04. The van der Waals surface area contributed by atoms with Crippen molar-refractivity contribution < 1.29 is 23.3 Å². The molecule has 0 saturated carbocycles. The number of rotatable bonds is 3. The third-order valence-electron chi connectivity index (χ3n) is 2.56. The Morgan fingerprint density at radius 2 is 2.06 bits per heavy atom. The lowest BCUT2D eigenvalue weighted by atomic mass is 10.2. The molecule has 0 amide bonds. The number of ether oxygens (including phenoxy) is 2. The molecule has 96 valence electrons. The second-order valence-corrected chi connectivity index (χ2v) is 5.21. The van der Waals surface area contributed by atoms with E-state index in [4.69, 9.17) is 9.47 Å². The molecule has 6 heteroatoms. The van der Waals surface area contributed by atoms with E-state index in [9.17, 15) is 13.8 Å². The van der Waals surface area contributed by atoms with Gasteiger partial charge in [0, 0.05) is 28.4 Å². The number of esters is 2. The summed E-state index contributed by atoms with van der Waals surface area (Å²) in [6, 6.07) is 6.25. The van der Waals surface area contributed by atoms with Gasteiger partial charge in [0.1, 0.15) is 0 Å². The number of carbonyl (C=O) groups is 2. The van der Waals surface area contributed by atoms with Gasteiger partial charge in [-0.05, 0) is 24.3 Å². The molecule has 1 aliphatic rings. The number of cyclic esters (lactones) is 1. The van der Waals surface area contributed by atoms with Crippen LogP contribution in [0.5, 0.6) is 0 Å². The summed E-state index contributed by atoms with van der Waals surface area (Å²) in [6.45, 7) is 0.282. The minimum absolute atomic E-state index is 0.282. The van der Waals surface area contributed by atoms with Crippen LogP contribution in [0.15, 0.2) is 29.2 Å². The van der Waals surface area contributed by atoms with Gasteiger partial charge in [0.2, 0.25) is 6.10 Å². The summed E-state index contributed by atoms with van der Waals surface area (Å²) in [5.74, 6) is -1.08. The number of hydrogen-bond acceptors (Lipinski definition) is 5. The van der Waals surface area contributed by atoms with Gasteiger partial charge < -0.3 is 9.47 Å². The Morgan fingerprint density at radius 1 is 1.39 bits per heavy atom. The number of carbonyl (C=O) groups excluding carboxylic acids is 2. The predicted octanol–water partition coefficient (Wildman–Crippen LogP) is 0.896. The number of benzene rings is 1. The van der Waals surface area contributed by atoms with E-state index in [1.807, 2.05) is 0 Å². The highest BCUT2D eigenvalue weighted by molar-refractivity contribution is 7.84. The highest BCUT2D eigenvalue weighted by Crippen LogP contribution is 2.14. The van der Waals surface area contributed by atoms with E-state index in [1.54, 1.807) is 18.4 Å². The molecule has 1 saturated heterocycles. The zero-order chi connectivity index (χ0) is 13.1. The quantitative estimate of drug-likeness (QED) is 0.762. The molecule has 1 fully saturated rings. The molecule has 0 radical (unpaired) electrons. The number of hydrogen-bond donors (Lipinski definition) is 0. The lowest BCUT2D eigenvalue weighted by Gasteiger charge is -2.08. The molecule has 1 aliphatic heterocycles. The molecule has 2 rings (SSSR count). The fourth-order valence-corrected chi connectivity index (χ4v) is 2.08. The smallest absolute Gasteiger partial charge is 0.347 e. The molecule has 0 aromatic heterocycles. The fourth-order valence-electron chi connectivity index (χ4n) is 1.56. The summed E-state index contributed by atoms with van der Waals surface area (Å²) in [5, 5.41) is 0. The molecule has 1 aromatic carbocycles. The molecule has 18 heavy (non-hydrogen) atoms. The molecule has 2 atom stereocenters. The van der Waals surface area contributed by atoms with E-state index in [-0.39, 0.29) is 6.61 Å². The van der Waals surface area contributed by atoms with Crippen molar-refractivity contribution in [3.63, 3.8) is 0 Å². The van der Waals surface area contributed by atoms with E-state index in [0.29, 0.717) is 16.9 Å². The van der Waals surface area contributed by atoms with Crippen LogP contribution >= 0.6 is 0 Å². The Bertz CT molecular complexity index is 494. The maximum absolute atomic E-state index is 11.7. The molecule has 5 nitrogen and oxygen atoms in total. The van der Waals surface area contributed by atoms with Gasteiger partial charge in [0.05, 0.1) is 12.2 Å². The van der Waals surface area contributed by atoms with Crippen LogP contribution in [0.1, 0.15) is 16.8 Å². The van der Waals surface area contributed by atoms with Crippen molar-refractivity contribution in [1.29, 1.82) is 0 Å². The SMILES string of the molecule is CS(=O)c1ccc(C(=O)OC2CCOC2=O)cc1. The van der Waals surface area contributed by atoms with Crippen LogP contribution in [-0.4, -0.2) is 35.1 Å². The molecule has 2 unspecified atom stereocenters. The maximum Gasteiger partial charge on any atom is 0.347 e. The van der Waals surface area contributed by atoms with Gasteiger partial charge in [0.25, 0.3) is 0 Å². The highest BCUT2D eigenvalue weighted by Gasteiger charge is 2.30.